The van der Waals surface area contributed by atoms with Gasteiger partial charge in [-0.15, -0.1) is 0 Å². The second kappa shape index (κ2) is 24.0. The third-order valence-corrected chi connectivity index (χ3v) is 9.37. The molecule has 7 nitrogen and oxygen atoms in total. The summed E-state index contributed by atoms with van der Waals surface area (Å²) in [6.07, 6.45) is 20.6. The molecule has 48 heavy (non-hydrogen) atoms. The van der Waals surface area contributed by atoms with Gasteiger partial charge in [-0.1, -0.05) is 145 Å². The predicted molar refractivity (Wildman–Crippen MR) is 198 cm³/mol. The Morgan fingerprint density at radius 2 is 1.27 bits per heavy atom. The summed E-state index contributed by atoms with van der Waals surface area (Å²) in [5.74, 6) is -0.361. The molecule has 0 saturated carbocycles. The molecule has 0 radical (unpaired) electrons. The monoisotopic (exact) mass is 696 g/mol. The van der Waals surface area contributed by atoms with E-state index in [0.29, 0.717) is 34.2 Å². The van der Waals surface area contributed by atoms with E-state index in [9.17, 15) is 13.8 Å². The number of carbonyl (C=O) groups is 2. The lowest BCUT2D eigenvalue weighted by molar-refractivity contribution is -0.115. The summed E-state index contributed by atoms with van der Waals surface area (Å²) in [6, 6.07) is 20.6. The molecule has 9 heteroatoms. The van der Waals surface area contributed by atoms with Gasteiger partial charge in [0.15, 0.2) is 5.78 Å². The van der Waals surface area contributed by atoms with E-state index in [-0.39, 0.29) is 17.2 Å². The zero-order chi connectivity index (χ0) is 34.2. The van der Waals surface area contributed by atoms with Crippen LogP contribution < -0.4 is 15.5 Å². The molecule has 1 atom stereocenters. The van der Waals surface area contributed by atoms with Crippen LogP contribution in [0.5, 0.6) is 5.75 Å². The Morgan fingerprint density at radius 3 is 1.88 bits per heavy atom. The first kappa shape index (κ1) is 39.2. The zero-order valence-corrected chi connectivity index (χ0v) is 30.1. The standard InChI is InChI=1S/C39H53ClN2O5S/c1-2-3-4-5-6-7-8-9-10-11-12-13-14-15-16-22-29-46-38-26-21-20-25-34(38)37(43)31-39(44)41-36-28-27-33(30-35(36)40)48(45)47-42-32-23-18-17-19-24-32/h17-21,23-28,30,42H,2-16,22,29,31H2,1H3,(H,41,44). The molecule has 0 aliphatic rings. The number of benzene rings is 3. The van der Waals surface area contributed by atoms with E-state index in [4.69, 9.17) is 20.6 Å². The molecule has 2 N–H and O–H groups in total. The number of carbonyl (C=O) groups excluding carboxylic acids is 2. The van der Waals surface area contributed by atoms with Crippen molar-refractivity contribution < 1.29 is 22.8 Å². The fraction of sp³-hybridized carbons (Fsp3) is 0.487. The molecule has 262 valence electrons. The quantitative estimate of drug-likeness (QED) is 0.0375. The van der Waals surface area contributed by atoms with Crippen LogP contribution >= 0.6 is 11.6 Å². The molecule has 0 aliphatic heterocycles. The van der Waals surface area contributed by atoms with Gasteiger partial charge in [0.25, 0.3) is 0 Å². The molecule has 0 fully saturated rings. The Bertz CT molecular complexity index is 1390. The van der Waals surface area contributed by atoms with Gasteiger partial charge in [-0.2, -0.15) is 4.28 Å². The van der Waals surface area contributed by atoms with Crippen LogP contribution in [-0.4, -0.2) is 22.5 Å². The normalized spacial score (nSPS) is 11.6. The maximum atomic E-state index is 13.0. The fourth-order valence-corrected chi connectivity index (χ4v) is 6.39. The first-order chi connectivity index (χ1) is 23.5. The number of para-hydroxylation sites is 2. The molecule has 3 aromatic rings. The number of unbranched alkanes of at least 4 members (excludes halogenated alkanes) is 15. The molecule has 0 heterocycles. The van der Waals surface area contributed by atoms with Crippen molar-refractivity contribution >= 4 is 45.7 Å². The van der Waals surface area contributed by atoms with Gasteiger partial charge in [0.05, 0.1) is 39.9 Å². The van der Waals surface area contributed by atoms with Crippen LogP contribution in [-0.2, 0) is 20.2 Å². The van der Waals surface area contributed by atoms with Gasteiger partial charge in [0.1, 0.15) is 5.75 Å². The van der Waals surface area contributed by atoms with Crippen LogP contribution in [0.3, 0.4) is 0 Å². The lowest BCUT2D eigenvalue weighted by atomic mass is 10.0. The van der Waals surface area contributed by atoms with Gasteiger partial charge in [0, 0.05) is 0 Å². The van der Waals surface area contributed by atoms with Crippen molar-refractivity contribution in [2.75, 3.05) is 17.4 Å². The summed E-state index contributed by atoms with van der Waals surface area (Å²) in [6.45, 7) is 2.80. The Morgan fingerprint density at radius 1 is 0.708 bits per heavy atom. The van der Waals surface area contributed by atoms with Crippen LogP contribution in [0.1, 0.15) is 126 Å². The number of hydrogen-bond donors (Lipinski definition) is 2. The van der Waals surface area contributed by atoms with Gasteiger partial charge >= 0.3 is 0 Å². The minimum Gasteiger partial charge on any atom is -0.493 e. The van der Waals surface area contributed by atoms with Crippen LogP contribution in [0.4, 0.5) is 11.4 Å². The predicted octanol–water partition coefficient (Wildman–Crippen LogP) is 11.3. The van der Waals surface area contributed by atoms with E-state index in [1.165, 1.54) is 108 Å². The number of halogens is 1. The topological polar surface area (TPSA) is 93.7 Å². The van der Waals surface area contributed by atoms with Gasteiger partial charge in [-0.25, -0.2) is 4.21 Å². The summed E-state index contributed by atoms with van der Waals surface area (Å²) in [5, 5.41) is 2.84. The summed E-state index contributed by atoms with van der Waals surface area (Å²) < 4.78 is 23.7. The second-order valence-electron chi connectivity index (χ2n) is 12.2. The number of nitrogens with one attached hydrogen (secondary N) is 2. The van der Waals surface area contributed by atoms with Crippen LogP contribution in [0, 0.1) is 0 Å². The number of anilines is 2. The average Bonchev–Trinajstić information content (AvgIpc) is 3.10. The van der Waals surface area contributed by atoms with Crippen molar-refractivity contribution in [3.63, 3.8) is 0 Å². The number of Topliss-reactive ketones (excluding diaryl/α,β-unsaturated/α-hetero) is 1. The van der Waals surface area contributed by atoms with Gasteiger partial charge in [0.2, 0.25) is 17.0 Å². The van der Waals surface area contributed by atoms with Crippen molar-refractivity contribution in [3.05, 3.63) is 83.4 Å². The van der Waals surface area contributed by atoms with Crippen LogP contribution in [0.25, 0.3) is 0 Å². The highest BCUT2D eigenvalue weighted by molar-refractivity contribution is 7.80. The van der Waals surface area contributed by atoms with Crippen molar-refractivity contribution in [2.24, 2.45) is 0 Å². The first-order valence-corrected chi connectivity index (χ1v) is 19.2. The molecule has 1 unspecified atom stereocenters. The SMILES string of the molecule is CCCCCCCCCCCCCCCCCCOc1ccccc1C(=O)CC(=O)Nc1ccc(S(=O)ONc2ccccc2)cc1Cl. The van der Waals surface area contributed by atoms with E-state index < -0.39 is 17.0 Å². The van der Waals surface area contributed by atoms with E-state index in [1.807, 2.05) is 24.3 Å². The van der Waals surface area contributed by atoms with Crippen molar-refractivity contribution in [1.82, 2.24) is 0 Å². The number of amides is 1. The molecule has 3 aromatic carbocycles. The summed E-state index contributed by atoms with van der Waals surface area (Å²) in [4.78, 5) is 26.1. The number of ketones is 1. The lowest BCUT2D eigenvalue weighted by Crippen LogP contribution is -2.17. The average molecular weight is 697 g/mol. The highest BCUT2D eigenvalue weighted by Gasteiger charge is 2.18. The van der Waals surface area contributed by atoms with E-state index in [0.717, 1.165) is 12.8 Å². The highest BCUT2D eigenvalue weighted by Crippen LogP contribution is 2.26. The number of hydrogen-bond acceptors (Lipinski definition) is 6. The largest absolute Gasteiger partial charge is 0.493 e. The minimum atomic E-state index is -1.84. The third kappa shape index (κ3) is 15.8. The van der Waals surface area contributed by atoms with Crippen LogP contribution in [0.2, 0.25) is 5.02 Å². The molecule has 0 bridgehead atoms. The van der Waals surface area contributed by atoms with Gasteiger partial charge < -0.3 is 10.1 Å². The molecule has 3 rings (SSSR count). The Labute approximate surface area is 295 Å². The zero-order valence-electron chi connectivity index (χ0n) is 28.5. The molecule has 0 aromatic heterocycles. The first-order valence-electron chi connectivity index (χ1n) is 17.7. The summed E-state index contributed by atoms with van der Waals surface area (Å²) in [7, 11) is 0. The fourth-order valence-electron chi connectivity index (χ4n) is 5.43. The van der Waals surface area contributed by atoms with Crippen molar-refractivity contribution in [2.45, 2.75) is 121 Å². The molecule has 1 amide bonds. The third-order valence-electron chi connectivity index (χ3n) is 8.18. The maximum Gasteiger partial charge on any atom is 0.232 e. The van der Waals surface area contributed by atoms with E-state index >= 15 is 0 Å². The summed E-state index contributed by atoms with van der Waals surface area (Å²) in [5.41, 5.74) is 3.96. The molecular formula is C39H53ClN2O5S. The van der Waals surface area contributed by atoms with Crippen molar-refractivity contribution in [1.29, 1.82) is 0 Å². The van der Waals surface area contributed by atoms with Crippen molar-refractivity contribution in [3.8, 4) is 5.75 Å². The Hall–Kier alpha value is -3.20. The van der Waals surface area contributed by atoms with Gasteiger partial charge in [-0.3, -0.25) is 15.1 Å². The molecule has 0 aliphatic carbocycles. The lowest BCUT2D eigenvalue weighted by Gasteiger charge is -2.12. The van der Waals surface area contributed by atoms with Crippen LogP contribution in [0.15, 0.2) is 77.7 Å². The second-order valence-corrected chi connectivity index (χ2v) is 13.7. The highest BCUT2D eigenvalue weighted by atomic mass is 35.5. The Kier molecular flexibility index (Phi) is 19.6. The smallest absolute Gasteiger partial charge is 0.232 e. The summed E-state index contributed by atoms with van der Waals surface area (Å²) >= 11 is 4.51. The number of ether oxygens (including phenoxy) is 1. The van der Waals surface area contributed by atoms with E-state index in [2.05, 4.69) is 17.7 Å². The molecule has 0 spiro atoms. The maximum absolute atomic E-state index is 13.0. The minimum absolute atomic E-state index is 0.174. The molecular weight excluding hydrogens is 644 g/mol. The number of rotatable bonds is 26. The van der Waals surface area contributed by atoms with E-state index in [1.54, 1.807) is 30.3 Å². The molecule has 0 saturated heterocycles. The Balaban J connectivity index is 1.29. The van der Waals surface area contributed by atoms with Gasteiger partial charge in [-0.05, 0) is 48.9 Å².